The molecule has 0 atom stereocenters. The van der Waals surface area contributed by atoms with Crippen LogP contribution in [0.15, 0.2) is 30.3 Å². The third-order valence-corrected chi connectivity index (χ3v) is 3.19. The van der Waals surface area contributed by atoms with Crippen LogP contribution in [0.2, 0.25) is 5.15 Å². The fraction of sp³-hybridized carbons (Fsp3) is 0. The molecule has 58 valence electrons. The molecular weight excluding hydrogens is 276 g/mol. The summed E-state index contributed by atoms with van der Waals surface area (Å²) in [7, 11) is 0. The van der Waals surface area contributed by atoms with Crippen LogP contribution in [0.4, 0.5) is 0 Å². The van der Waals surface area contributed by atoms with Gasteiger partial charge < -0.3 is 0 Å². The molecule has 0 N–H and O–H groups in total. The summed E-state index contributed by atoms with van der Waals surface area (Å²) < 4.78 is 1.11. The summed E-state index contributed by atoms with van der Waals surface area (Å²) in [6.45, 7) is 0. The normalized spacial score (nSPS) is 10.5. The first-order valence-corrected chi connectivity index (χ1v) is 5.61. The molecule has 2 rings (SSSR count). The third kappa shape index (κ3) is 1.43. The number of hydrogen-bond donors (Lipinski definition) is 0. The minimum atomic E-state index is 0.594. The van der Waals surface area contributed by atoms with Crippen molar-refractivity contribution >= 4 is 48.6 Å². The molecule has 0 amide bonds. The molecule has 0 bridgehead atoms. The molecule has 0 unspecified atom stereocenters. The van der Waals surface area contributed by atoms with Crippen molar-refractivity contribution in [2.45, 2.75) is 0 Å². The van der Waals surface area contributed by atoms with E-state index in [1.165, 1.54) is 10.8 Å². The molecule has 1 aromatic heterocycles. The van der Waals surface area contributed by atoms with Crippen molar-refractivity contribution in [2.75, 3.05) is 0 Å². The molecule has 1 heterocycles. The van der Waals surface area contributed by atoms with E-state index in [9.17, 15) is 0 Å². The molecule has 0 spiro atoms. The Kier molecular flexibility index (Phi) is 2.24. The van der Waals surface area contributed by atoms with Gasteiger partial charge in [-0.3, -0.25) is 0 Å². The minimum absolute atomic E-state index is 0.594. The van der Waals surface area contributed by atoms with Crippen molar-refractivity contribution in [3.05, 3.63) is 35.5 Å². The summed E-state index contributed by atoms with van der Waals surface area (Å²) >= 11 is 6.84. The van der Waals surface area contributed by atoms with E-state index in [1.807, 2.05) is 18.2 Å². The summed E-state index contributed by atoms with van der Waals surface area (Å²) in [6.07, 6.45) is 0. The zero-order valence-electron chi connectivity index (χ0n) is 6.29. The van der Waals surface area contributed by atoms with Gasteiger partial charge in [-0.2, -0.15) is 0 Å². The summed E-state index contributed by atoms with van der Waals surface area (Å²) in [5.41, 5.74) is 0. The molecular formula is C9H6ClNSn. The van der Waals surface area contributed by atoms with Crippen molar-refractivity contribution in [3.8, 4) is 0 Å². The SMILES string of the molecule is Clc1cc2ccccc2[c]([SnH])n1. The average Bonchev–Trinajstić information content (AvgIpc) is 2.04. The van der Waals surface area contributed by atoms with Crippen LogP contribution in [-0.4, -0.2) is 27.5 Å². The molecule has 2 radical (unpaired) electrons. The maximum atomic E-state index is 5.83. The monoisotopic (exact) mass is 283 g/mol. The molecule has 0 fully saturated rings. The fourth-order valence-corrected chi connectivity index (χ4v) is 2.78. The molecule has 0 saturated carbocycles. The van der Waals surface area contributed by atoms with Crippen LogP contribution in [0.25, 0.3) is 10.8 Å². The van der Waals surface area contributed by atoms with Gasteiger partial charge in [0.15, 0.2) is 0 Å². The zero-order chi connectivity index (χ0) is 8.55. The Balaban J connectivity index is 2.89. The van der Waals surface area contributed by atoms with E-state index < -0.39 is 0 Å². The maximum absolute atomic E-state index is 5.83. The first-order chi connectivity index (χ1) is 5.77. The van der Waals surface area contributed by atoms with Gasteiger partial charge in [-0.1, -0.05) is 0 Å². The van der Waals surface area contributed by atoms with Gasteiger partial charge >= 0.3 is 89.1 Å². The van der Waals surface area contributed by atoms with Gasteiger partial charge in [0.25, 0.3) is 0 Å². The van der Waals surface area contributed by atoms with Crippen LogP contribution in [-0.2, 0) is 0 Å². The van der Waals surface area contributed by atoms with Gasteiger partial charge in [0.1, 0.15) is 0 Å². The Morgan fingerprint density at radius 2 is 2.00 bits per heavy atom. The van der Waals surface area contributed by atoms with Crippen LogP contribution in [0.5, 0.6) is 0 Å². The van der Waals surface area contributed by atoms with E-state index in [0.717, 1.165) is 26.2 Å². The van der Waals surface area contributed by atoms with Crippen LogP contribution in [0, 0.1) is 0 Å². The molecule has 3 heteroatoms. The Morgan fingerprint density at radius 3 is 2.83 bits per heavy atom. The number of pyridine rings is 1. The van der Waals surface area contributed by atoms with E-state index in [-0.39, 0.29) is 0 Å². The number of benzene rings is 1. The van der Waals surface area contributed by atoms with E-state index in [0.29, 0.717) is 5.15 Å². The van der Waals surface area contributed by atoms with Gasteiger partial charge in [0, 0.05) is 0 Å². The molecule has 1 aromatic carbocycles. The van der Waals surface area contributed by atoms with Gasteiger partial charge in [0.2, 0.25) is 0 Å². The quantitative estimate of drug-likeness (QED) is 0.526. The van der Waals surface area contributed by atoms with Gasteiger partial charge in [-0.25, -0.2) is 0 Å². The van der Waals surface area contributed by atoms with Crippen molar-refractivity contribution in [1.29, 1.82) is 0 Å². The average molecular weight is 282 g/mol. The Morgan fingerprint density at radius 1 is 1.25 bits per heavy atom. The predicted octanol–water partition coefficient (Wildman–Crippen LogP) is 1.41. The molecule has 0 aliphatic rings. The first kappa shape index (κ1) is 8.32. The number of fused-ring (bicyclic) bond motifs is 1. The van der Waals surface area contributed by atoms with Crippen LogP contribution < -0.4 is 3.71 Å². The number of halogens is 1. The van der Waals surface area contributed by atoms with E-state index in [4.69, 9.17) is 11.6 Å². The summed E-state index contributed by atoms with van der Waals surface area (Å²) in [6, 6.07) is 10.1. The molecule has 12 heavy (non-hydrogen) atoms. The van der Waals surface area contributed by atoms with E-state index in [2.05, 4.69) is 17.1 Å². The van der Waals surface area contributed by atoms with E-state index in [1.54, 1.807) is 0 Å². The second-order valence-electron chi connectivity index (χ2n) is 2.55. The van der Waals surface area contributed by atoms with Crippen molar-refractivity contribution in [2.24, 2.45) is 0 Å². The molecule has 2 aromatic rings. The standard InChI is InChI=1S/C9H5ClN.Sn.H/c10-9-5-7-3-1-2-4-8(7)6-11-9;;/h1-5H;;. The second-order valence-corrected chi connectivity index (χ2v) is 4.50. The van der Waals surface area contributed by atoms with Gasteiger partial charge in [0.05, 0.1) is 0 Å². The predicted molar refractivity (Wildman–Crippen MR) is 53.5 cm³/mol. The summed E-state index contributed by atoms with van der Waals surface area (Å²) in [5, 5.41) is 3.00. The fourth-order valence-electron chi connectivity index (χ4n) is 1.19. The summed E-state index contributed by atoms with van der Waals surface area (Å²) in [5.74, 6) is 0. The number of aromatic nitrogens is 1. The molecule has 0 saturated heterocycles. The number of nitrogens with zero attached hydrogens (tertiary/aromatic N) is 1. The topological polar surface area (TPSA) is 12.9 Å². The van der Waals surface area contributed by atoms with Crippen LogP contribution in [0.1, 0.15) is 0 Å². The van der Waals surface area contributed by atoms with Gasteiger partial charge in [-0.15, -0.1) is 0 Å². The molecule has 0 aliphatic heterocycles. The van der Waals surface area contributed by atoms with Crippen molar-refractivity contribution in [3.63, 3.8) is 0 Å². The first-order valence-electron chi connectivity index (χ1n) is 3.58. The zero-order valence-corrected chi connectivity index (χ0v) is 10.3. The van der Waals surface area contributed by atoms with Crippen molar-refractivity contribution < 1.29 is 0 Å². The van der Waals surface area contributed by atoms with E-state index >= 15 is 0 Å². The Labute approximate surface area is 88.8 Å². The second kappa shape index (κ2) is 3.22. The molecule has 0 aliphatic carbocycles. The van der Waals surface area contributed by atoms with Crippen LogP contribution >= 0.6 is 11.6 Å². The Bertz CT molecular complexity index is 428. The third-order valence-electron chi connectivity index (χ3n) is 1.74. The van der Waals surface area contributed by atoms with Crippen LogP contribution in [0.3, 0.4) is 0 Å². The summed E-state index contributed by atoms with van der Waals surface area (Å²) in [4.78, 5) is 4.22. The van der Waals surface area contributed by atoms with Gasteiger partial charge in [-0.05, 0) is 0 Å². The van der Waals surface area contributed by atoms with Crippen molar-refractivity contribution in [1.82, 2.24) is 4.98 Å². The Hall–Kier alpha value is -0.281. The number of rotatable bonds is 0. The number of hydrogen-bond acceptors (Lipinski definition) is 1. The molecule has 1 nitrogen and oxygen atoms in total.